The number of ether oxygens (including phenoxy) is 16. The van der Waals surface area contributed by atoms with Crippen molar-refractivity contribution in [3.05, 3.63) is 0 Å². The summed E-state index contributed by atoms with van der Waals surface area (Å²) in [6.07, 6.45) is 1.23. The third kappa shape index (κ3) is 43.4. The zero-order valence-electron chi connectivity index (χ0n) is 42.6. The zero-order chi connectivity index (χ0) is 52.2. The van der Waals surface area contributed by atoms with Crippen molar-refractivity contribution >= 4 is 51.2 Å². The van der Waals surface area contributed by atoms with Crippen molar-refractivity contribution in [1.29, 1.82) is 0 Å². The van der Waals surface area contributed by atoms with Gasteiger partial charge in [-0.25, -0.2) is 9.59 Å². The lowest BCUT2D eigenvalue weighted by molar-refractivity contribution is -0.198. The molecule has 0 aliphatic carbocycles. The molecule has 0 unspecified atom stereocenters. The number of hydrogen-bond donors (Lipinski definition) is 0. The predicted molar refractivity (Wildman–Crippen MR) is 261 cm³/mol. The summed E-state index contributed by atoms with van der Waals surface area (Å²) in [6, 6.07) is 0. The fourth-order valence-electron chi connectivity index (χ4n) is 5.59. The van der Waals surface area contributed by atoms with Crippen LogP contribution in [0.5, 0.6) is 0 Å². The van der Waals surface area contributed by atoms with Crippen molar-refractivity contribution < 1.29 is 109 Å². The Hall–Kier alpha value is -2.39. The Bertz CT molecular complexity index is 1330. The van der Waals surface area contributed by atoms with Crippen molar-refractivity contribution in [2.24, 2.45) is 0 Å². The van der Waals surface area contributed by atoms with Crippen LogP contribution in [0.4, 0.5) is 0 Å². The monoisotopic (exact) mass is 1090 g/mol. The Morgan fingerprint density at radius 2 is 0.562 bits per heavy atom. The van der Waals surface area contributed by atoms with Crippen LogP contribution < -0.4 is 0 Å². The quantitative estimate of drug-likeness (QED) is 0.0469. The van der Waals surface area contributed by atoms with E-state index in [4.69, 9.17) is 85.5 Å². The summed E-state index contributed by atoms with van der Waals surface area (Å²) in [4.78, 5) is 67.4. The summed E-state index contributed by atoms with van der Waals surface area (Å²) < 4.78 is 87.6. The van der Waals surface area contributed by atoms with E-state index >= 15 is 0 Å². The molecule has 0 N–H and O–H groups in total. The van der Waals surface area contributed by atoms with Crippen LogP contribution in [0, 0.1) is 0 Å². The first-order valence-electron chi connectivity index (χ1n) is 25.0. The molecule has 0 saturated carbocycles. The molecule has 2 fully saturated rings. The standard InChI is InChI=1S/C46H82N2O23S2/c49-42-2-1-7-47(42)70-45(52)5-8-54-10-12-56-14-16-58-18-20-60-22-24-62-26-28-64-30-32-66-34-36-68-38-40-72-73-41-39-69-37-35-67-33-31-65-29-27-63-25-23-61-21-19-59-17-15-57-13-11-55-9-6-46(53)71-48-43(50)3-4-44(48)51/h1-41H2. The molecule has 0 aromatic heterocycles. The van der Waals surface area contributed by atoms with Crippen LogP contribution >= 0.6 is 21.6 Å². The van der Waals surface area contributed by atoms with Gasteiger partial charge in [-0.3, -0.25) is 14.4 Å². The summed E-state index contributed by atoms with van der Waals surface area (Å²) in [5.74, 6) is -0.606. The summed E-state index contributed by atoms with van der Waals surface area (Å²) in [5, 5.41) is 1.63. The van der Waals surface area contributed by atoms with Gasteiger partial charge in [-0.05, 0) is 6.42 Å². The summed E-state index contributed by atoms with van der Waals surface area (Å²) in [7, 11) is 3.51. The van der Waals surface area contributed by atoms with Crippen LogP contribution in [0.25, 0.3) is 0 Å². The Labute approximate surface area is 437 Å². The molecule has 25 nitrogen and oxygen atoms in total. The van der Waals surface area contributed by atoms with Gasteiger partial charge in [-0.2, -0.15) is 5.06 Å². The molecule has 426 valence electrons. The number of imide groups is 1. The van der Waals surface area contributed by atoms with Crippen molar-refractivity contribution in [2.75, 3.05) is 229 Å². The molecule has 0 spiro atoms. The maximum Gasteiger partial charge on any atom is 0.335 e. The highest BCUT2D eigenvalue weighted by molar-refractivity contribution is 8.76. The van der Waals surface area contributed by atoms with E-state index in [1.165, 1.54) is 0 Å². The molecule has 0 aromatic rings. The number of carbonyl (C=O) groups excluding carboxylic acids is 5. The molecule has 73 heavy (non-hydrogen) atoms. The largest absolute Gasteiger partial charge is 0.378 e. The zero-order valence-corrected chi connectivity index (χ0v) is 44.2. The number of amides is 3. The highest BCUT2D eigenvalue weighted by Crippen LogP contribution is 2.20. The average molecular weight is 1100 g/mol. The van der Waals surface area contributed by atoms with Gasteiger partial charge in [0, 0.05) is 30.8 Å². The maximum atomic E-state index is 11.7. The normalized spacial score (nSPS) is 13.8. The maximum absolute atomic E-state index is 11.7. The van der Waals surface area contributed by atoms with Gasteiger partial charge in [-0.1, -0.05) is 21.6 Å². The molecule has 0 aromatic carbocycles. The second-order valence-corrected chi connectivity index (χ2v) is 17.8. The third-order valence-electron chi connectivity index (χ3n) is 9.26. The molecular formula is C46H82N2O23S2. The second kappa shape index (κ2) is 51.7. The minimum atomic E-state index is -0.703. The number of rotatable bonds is 57. The summed E-state index contributed by atoms with van der Waals surface area (Å²) in [6.45, 7) is 14.7. The SMILES string of the molecule is O=C(CCOCCOCCOCCOCCOCCOCCOCCOCCSSCCOCCOCCOCCOCCOCCOCCOCCOCCC(=O)ON1C(=O)CCC1=O)ON1CCCC1=O. The van der Waals surface area contributed by atoms with Crippen LogP contribution in [0.2, 0.25) is 0 Å². The van der Waals surface area contributed by atoms with Crippen LogP contribution in [0.3, 0.4) is 0 Å². The molecular weight excluding hydrogens is 1010 g/mol. The topological polar surface area (TPSA) is 258 Å². The molecule has 3 amide bonds. The van der Waals surface area contributed by atoms with Gasteiger partial charge in [0.25, 0.3) is 17.7 Å². The van der Waals surface area contributed by atoms with E-state index in [1.807, 2.05) is 0 Å². The summed E-state index contributed by atoms with van der Waals surface area (Å²) >= 11 is 0. The lowest BCUT2D eigenvalue weighted by atomic mass is 10.4. The molecule has 0 radical (unpaired) electrons. The first-order chi connectivity index (χ1) is 36.0. The fourth-order valence-corrected chi connectivity index (χ4v) is 7.31. The molecule has 0 atom stereocenters. The molecule has 2 rings (SSSR count). The first kappa shape index (κ1) is 66.7. The Balaban J connectivity index is 1.11. The van der Waals surface area contributed by atoms with Gasteiger partial charge in [0.1, 0.15) is 0 Å². The smallest absolute Gasteiger partial charge is 0.335 e. The van der Waals surface area contributed by atoms with E-state index in [0.717, 1.165) is 16.6 Å². The van der Waals surface area contributed by atoms with E-state index in [2.05, 4.69) is 0 Å². The van der Waals surface area contributed by atoms with Gasteiger partial charge in [0.05, 0.1) is 231 Å². The van der Waals surface area contributed by atoms with Crippen LogP contribution in [0.1, 0.15) is 38.5 Å². The van der Waals surface area contributed by atoms with E-state index in [1.54, 1.807) is 21.6 Å². The molecule has 2 aliphatic heterocycles. The van der Waals surface area contributed by atoms with E-state index in [-0.39, 0.29) is 51.4 Å². The van der Waals surface area contributed by atoms with Gasteiger partial charge in [-0.15, -0.1) is 5.06 Å². The van der Waals surface area contributed by atoms with Crippen molar-refractivity contribution in [2.45, 2.75) is 38.5 Å². The number of hydrogen-bond acceptors (Lipinski definition) is 25. The Kier molecular flexibility index (Phi) is 47.3. The van der Waals surface area contributed by atoms with Gasteiger partial charge < -0.3 is 85.5 Å². The third-order valence-corrected chi connectivity index (χ3v) is 11.6. The number of nitrogens with zero attached hydrogens (tertiary/aromatic N) is 2. The second-order valence-electron chi connectivity index (χ2n) is 15.0. The summed E-state index contributed by atoms with van der Waals surface area (Å²) in [5.41, 5.74) is 0. The molecule has 2 saturated heterocycles. The van der Waals surface area contributed by atoms with Crippen molar-refractivity contribution in [3.63, 3.8) is 0 Å². The number of carbonyl (C=O) groups is 5. The Morgan fingerprint density at radius 1 is 0.315 bits per heavy atom. The van der Waals surface area contributed by atoms with E-state index < -0.39 is 23.8 Å². The molecule has 27 heteroatoms. The highest BCUT2D eigenvalue weighted by atomic mass is 33.1. The van der Waals surface area contributed by atoms with Crippen LogP contribution in [-0.2, 0) is 109 Å². The lowest BCUT2D eigenvalue weighted by Gasteiger charge is -2.14. The van der Waals surface area contributed by atoms with Gasteiger partial charge in [0.2, 0.25) is 0 Å². The fraction of sp³-hybridized carbons (Fsp3) is 0.891. The molecule has 2 heterocycles. The average Bonchev–Trinajstić information content (AvgIpc) is 3.94. The lowest BCUT2D eigenvalue weighted by Crippen LogP contribution is -2.32. The van der Waals surface area contributed by atoms with E-state index in [0.29, 0.717) is 216 Å². The van der Waals surface area contributed by atoms with Crippen LogP contribution in [0.15, 0.2) is 0 Å². The van der Waals surface area contributed by atoms with Crippen LogP contribution in [-0.4, -0.2) is 269 Å². The van der Waals surface area contributed by atoms with Crippen molar-refractivity contribution in [3.8, 4) is 0 Å². The highest BCUT2D eigenvalue weighted by Gasteiger charge is 2.32. The predicted octanol–water partition coefficient (Wildman–Crippen LogP) is 1.10. The molecule has 0 bridgehead atoms. The van der Waals surface area contributed by atoms with Gasteiger partial charge in [0.15, 0.2) is 0 Å². The minimum Gasteiger partial charge on any atom is -0.378 e. The minimum absolute atomic E-state index is 0.0538. The van der Waals surface area contributed by atoms with Gasteiger partial charge >= 0.3 is 11.9 Å². The van der Waals surface area contributed by atoms with Crippen molar-refractivity contribution in [1.82, 2.24) is 10.1 Å². The Morgan fingerprint density at radius 3 is 0.822 bits per heavy atom. The number of hydroxylamine groups is 4. The first-order valence-corrected chi connectivity index (χ1v) is 27.5. The molecule has 2 aliphatic rings. The van der Waals surface area contributed by atoms with E-state index in [9.17, 15) is 24.0 Å².